The molecule has 2 aliphatic rings. The summed E-state index contributed by atoms with van der Waals surface area (Å²) < 4.78 is 6.01. The van der Waals surface area contributed by atoms with Crippen LogP contribution < -0.4 is 4.74 Å². The number of hydrogen-bond acceptors (Lipinski definition) is 11. The molecule has 51 heavy (non-hydrogen) atoms. The van der Waals surface area contributed by atoms with Crippen molar-refractivity contribution < 1.29 is 55.2 Å². The predicted octanol–water partition coefficient (Wildman–Crippen LogP) is 7.48. The summed E-state index contributed by atoms with van der Waals surface area (Å²) in [5.41, 5.74) is 1.91. The molecule has 11 nitrogen and oxygen atoms in total. The number of carbonyl (C=O) groups excluding carboxylic acids is 2. The van der Waals surface area contributed by atoms with Crippen molar-refractivity contribution in [2.24, 2.45) is 5.92 Å². The Bertz CT molecular complexity index is 2110. The van der Waals surface area contributed by atoms with E-state index in [-0.39, 0.29) is 69.6 Å². The number of benzene rings is 4. The number of rotatable bonds is 8. The average Bonchev–Trinajstić information content (AvgIpc) is 3.04. The SMILES string of the molecule is CC(C)=CCCC1=C[C@H](c2c(O)cc3c(c2O)C(=O)C[C@@H](c2ccc(O)cc2O)O3)[C@@H](C(=O)c2ccc(O)cc2O)[C@H](c2ccc(O)cc2O)C1. The van der Waals surface area contributed by atoms with Crippen molar-refractivity contribution in [3.05, 3.63) is 112 Å². The van der Waals surface area contributed by atoms with Gasteiger partial charge in [-0.25, -0.2) is 0 Å². The Morgan fingerprint density at radius 1 is 0.765 bits per heavy atom. The first-order valence-electron chi connectivity index (χ1n) is 16.4. The van der Waals surface area contributed by atoms with Gasteiger partial charge in [-0.3, -0.25) is 9.59 Å². The van der Waals surface area contributed by atoms with Crippen LogP contribution in [0.2, 0.25) is 0 Å². The van der Waals surface area contributed by atoms with E-state index in [1.54, 1.807) is 6.08 Å². The van der Waals surface area contributed by atoms with Crippen molar-refractivity contribution in [1.82, 2.24) is 0 Å². The fourth-order valence-electron chi connectivity index (χ4n) is 7.26. The van der Waals surface area contributed by atoms with Crippen LogP contribution >= 0.6 is 0 Å². The number of phenolic OH excluding ortho intramolecular Hbond substituents is 8. The van der Waals surface area contributed by atoms with Gasteiger partial charge in [-0.1, -0.05) is 29.4 Å². The summed E-state index contributed by atoms with van der Waals surface area (Å²) in [6, 6.07) is 12.5. The van der Waals surface area contributed by atoms with Gasteiger partial charge in [-0.2, -0.15) is 0 Å². The number of carbonyl (C=O) groups is 2. The van der Waals surface area contributed by atoms with E-state index in [0.717, 1.165) is 29.3 Å². The summed E-state index contributed by atoms with van der Waals surface area (Å²) in [6.07, 6.45) is 3.92. The second-order valence-corrected chi connectivity index (χ2v) is 13.3. The first-order chi connectivity index (χ1) is 24.2. The summed E-state index contributed by atoms with van der Waals surface area (Å²) in [6.45, 7) is 3.92. The normalized spacial score (nSPS) is 19.8. The van der Waals surface area contributed by atoms with E-state index in [0.29, 0.717) is 18.4 Å². The molecule has 0 amide bonds. The lowest BCUT2D eigenvalue weighted by atomic mass is 9.64. The highest BCUT2D eigenvalue weighted by molar-refractivity contribution is 6.04. The molecule has 6 rings (SSSR count). The lowest BCUT2D eigenvalue weighted by Crippen LogP contribution is -2.32. The molecule has 4 aromatic rings. The van der Waals surface area contributed by atoms with E-state index in [9.17, 15) is 50.4 Å². The van der Waals surface area contributed by atoms with Gasteiger partial charge < -0.3 is 45.6 Å². The molecule has 1 heterocycles. The Balaban J connectivity index is 1.54. The van der Waals surface area contributed by atoms with Crippen LogP contribution in [0.1, 0.15) is 94.9 Å². The quantitative estimate of drug-likeness (QED) is 0.0670. The van der Waals surface area contributed by atoms with Gasteiger partial charge in [-0.15, -0.1) is 0 Å². The molecule has 0 fully saturated rings. The van der Waals surface area contributed by atoms with Gasteiger partial charge >= 0.3 is 0 Å². The Morgan fingerprint density at radius 3 is 1.98 bits per heavy atom. The number of aromatic hydroxyl groups is 8. The van der Waals surface area contributed by atoms with Crippen LogP contribution in [0.25, 0.3) is 0 Å². The van der Waals surface area contributed by atoms with E-state index in [1.807, 2.05) is 19.9 Å². The summed E-state index contributed by atoms with van der Waals surface area (Å²) in [5, 5.41) is 85.6. The third-order valence-electron chi connectivity index (χ3n) is 9.59. The molecule has 8 N–H and O–H groups in total. The van der Waals surface area contributed by atoms with Crippen LogP contribution in [0.15, 0.2) is 84.0 Å². The molecule has 0 aromatic heterocycles. The fraction of sp³-hybridized carbons (Fsp3) is 0.250. The van der Waals surface area contributed by atoms with Gasteiger partial charge in [-0.05, 0) is 69.0 Å². The highest BCUT2D eigenvalue weighted by Gasteiger charge is 2.45. The zero-order valence-electron chi connectivity index (χ0n) is 27.9. The van der Waals surface area contributed by atoms with Crippen LogP contribution in [0.4, 0.5) is 0 Å². The van der Waals surface area contributed by atoms with Gasteiger partial charge in [0.2, 0.25) is 0 Å². The number of fused-ring (bicyclic) bond motifs is 1. The van der Waals surface area contributed by atoms with Crippen molar-refractivity contribution >= 4 is 11.6 Å². The third kappa shape index (κ3) is 6.74. The predicted molar refractivity (Wildman–Crippen MR) is 186 cm³/mol. The zero-order valence-corrected chi connectivity index (χ0v) is 27.9. The monoisotopic (exact) mass is 694 g/mol. The van der Waals surface area contributed by atoms with Crippen molar-refractivity contribution in [1.29, 1.82) is 0 Å². The molecule has 4 atom stereocenters. The van der Waals surface area contributed by atoms with Gasteiger partial charge in [0.25, 0.3) is 0 Å². The molecule has 11 heteroatoms. The molecule has 0 spiro atoms. The van der Waals surface area contributed by atoms with E-state index in [1.165, 1.54) is 42.5 Å². The number of phenols is 8. The van der Waals surface area contributed by atoms with Crippen molar-refractivity contribution in [3.63, 3.8) is 0 Å². The maximum Gasteiger partial charge on any atom is 0.174 e. The van der Waals surface area contributed by atoms with E-state index in [2.05, 4.69) is 0 Å². The van der Waals surface area contributed by atoms with Crippen LogP contribution in [-0.4, -0.2) is 52.4 Å². The maximum absolute atomic E-state index is 14.6. The highest BCUT2D eigenvalue weighted by Crippen LogP contribution is 2.56. The molecule has 1 aliphatic carbocycles. The fourth-order valence-corrected chi connectivity index (χ4v) is 7.26. The molecular weight excluding hydrogens is 656 g/mol. The molecule has 0 bridgehead atoms. The van der Waals surface area contributed by atoms with E-state index < -0.39 is 52.7 Å². The molecule has 0 radical (unpaired) electrons. The molecule has 4 aromatic carbocycles. The Morgan fingerprint density at radius 2 is 1.37 bits per heavy atom. The third-order valence-corrected chi connectivity index (χ3v) is 9.59. The highest BCUT2D eigenvalue weighted by atomic mass is 16.5. The molecule has 0 unspecified atom stereocenters. The summed E-state index contributed by atoms with van der Waals surface area (Å²) in [5.74, 6) is -7.36. The average molecular weight is 695 g/mol. The van der Waals surface area contributed by atoms with E-state index in [4.69, 9.17) is 4.74 Å². The van der Waals surface area contributed by atoms with Gasteiger partial charge in [0.15, 0.2) is 11.6 Å². The number of hydrogen-bond donors (Lipinski definition) is 8. The van der Waals surface area contributed by atoms with Crippen LogP contribution in [-0.2, 0) is 0 Å². The molecule has 264 valence electrons. The van der Waals surface area contributed by atoms with Gasteiger partial charge in [0.05, 0.1) is 12.0 Å². The molecular formula is C40H38O11. The standard InChI is InChI=1S/C40H38O11/c1-19(2)4-3-5-20-12-27(24-9-6-21(41)14-29(24)44)36(39(49)26-11-8-23(43)16-31(26)46)28(13-20)37-32(47)18-35-38(40(37)50)33(48)17-34(51-35)25-10-7-22(42)15-30(25)45/h4,6-11,13-16,18,27-28,34,36,41-47,50H,3,5,12,17H2,1-2H3/t27-,28-,34-,36-/m0/s1. The van der Waals surface area contributed by atoms with Crippen molar-refractivity contribution in [3.8, 4) is 51.7 Å². The largest absolute Gasteiger partial charge is 0.508 e. The lowest BCUT2D eigenvalue weighted by molar-refractivity contribution is 0.0841. The first kappa shape index (κ1) is 34.8. The van der Waals surface area contributed by atoms with Gasteiger partial charge in [0.1, 0.15) is 63.4 Å². The van der Waals surface area contributed by atoms with Crippen LogP contribution in [0.3, 0.4) is 0 Å². The number of allylic oxidation sites excluding steroid dienone is 4. The summed E-state index contributed by atoms with van der Waals surface area (Å²) in [7, 11) is 0. The van der Waals surface area contributed by atoms with Crippen molar-refractivity contribution in [2.45, 2.75) is 57.5 Å². The summed E-state index contributed by atoms with van der Waals surface area (Å²) in [4.78, 5) is 28.3. The maximum atomic E-state index is 14.6. The Labute approximate surface area is 293 Å². The van der Waals surface area contributed by atoms with Crippen LogP contribution in [0.5, 0.6) is 51.7 Å². The minimum Gasteiger partial charge on any atom is -0.508 e. The molecule has 0 saturated heterocycles. The van der Waals surface area contributed by atoms with Crippen LogP contribution in [0, 0.1) is 5.92 Å². The number of Topliss-reactive ketones (excluding diaryl/α,β-unsaturated/α-hetero) is 2. The second kappa shape index (κ2) is 13.7. The van der Waals surface area contributed by atoms with E-state index >= 15 is 0 Å². The zero-order chi connectivity index (χ0) is 36.7. The Kier molecular flexibility index (Phi) is 9.31. The van der Waals surface area contributed by atoms with Crippen molar-refractivity contribution in [2.75, 3.05) is 0 Å². The minimum atomic E-state index is -1.20. The second-order valence-electron chi connectivity index (χ2n) is 13.3. The minimum absolute atomic E-state index is 0.143. The lowest BCUT2D eigenvalue weighted by Gasteiger charge is -2.38. The number of ether oxygens (including phenoxy) is 1. The number of ketones is 2. The topological polar surface area (TPSA) is 205 Å². The van der Waals surface area contributed by atoms with Gasteiger partial charge in [0, 0.05) is 53.1 Å². The molecule has 0 saturated carbocycles. The Hall–Kier alpha value is -6.10. The first-order valence-corrected chi connectivity index (χ1v) is 16.4. The molecule has 1 aliphatic heterocycles. The summed E-state index contributed by atoms with van der Waals surface area (Å²) >= 11 is 0. The smallest absolute Gasteiger partial charge is 0.174 e.